The van der Waals surface area contributed by atoms with Crippen LogP contribution < -0.4 is 27.4 Å². The van der Waals surface area contributed by atoms with E-state index in [-0.39, 0.29) is 24.3 Å². The van der Waals surface area contributed by atoms with E-state index in [0.717, 1.165) is 0 Å². The van der Waals surface area contributed by atoms with Crippen LogP contribution in [-0.4, -0.2) is 70.4 Å². The summed E-state index contributed by atoms with van der Waals surface area (Å²) in [5.74, 6) is -4.57. The lowest BCUT2D eigenvalue weighted by Gasteiger charge is -2.26. The first-order valence-electron chi connectivity index (χ1n) is 8.84. The summed E-state index contributed by atoms with van der Waals surface area (Å²) < 4.78 is 0. The molecule has 4 unspecified atom stereocenters. The molecule has 4 amide bonds. The zero-order valence-electron chi connectivity index (χ0n) is 16.3. The van der Waals surface area contributed by atoms with Crippen LogP contribution in [0.2, 0.25) is 0 Å². The fourth-order valence-electron chi connectivity index (χ4n) is 2.15. The molecule has 29 heavy (non-hydrogen) atoms. The standard InChI is InChI=1S/C16H29N5O6S2/c1-7(2)12(15(25)20-10(6-29)16(26)27)21-14(24)9(3-4-11(18)22)19-13(23)8(17)5-28/h7-10,12,28-29H,3-6,17H2,1-2H3,(H2,18,22)(H,19,23)(H,20,25)(H,21,24)(H,26,27). The molecule has 0 aromatic heterocycles. The van der Waals surface area contributed by atoms with Gasteiger partial charge in [0, 0.05) is 17.9 Å². The minimum atomic E-state index is -1.27. The third-order valence-electron chi connectivity index (χ3n) is 3.89. The fraction of sp³-hybridized carbons (Fsp3) is 0.688. The highest BCUT2D eigenvalue weighted by molar-refractivity contribution is 7.80. The van der Waals surface area contributed by atoms with Crippen LogP contribution in [0.4, 0.5) is 0 Å². The number of thiol groups is 2. The lowest BCUT2D eigenvalue weighted by molar-refractivity contribution is -0.142. The Hall–Kier alpha value is -1.99. The van der Waals surface area contributed by atoms with Gasteiger partial charge in [0.25, 0.3) is 0 Å². The van der Waals surface area contributed by atoms with Gasteiger partial charge in [-0.05, 0) is 12.3 Å². The number of carboxylic acids is 1. The van der Waals surface area contributed by atoms with Crippen LogP contribution in [0.5, 0.6) is 0 Å². The zero-order chi connectivity index (χ0) is 22.7. The number of carboxylic acid groups (broad SMARTS) is 1. The Morgan fingerprint density at radius 3 is 1.86 bits per heavy atom. The second-order valence-corrected chi connectivity index (χ2v) is 7.40. The maximum atomic E-state index is 12.7. The van der Waals surface area contributed by atoms with Crippen molar-refractivity contribution in [3.63, 3.8) is 0 Å². The molecule has 0 aromatic carbocycles. The Morgan fingerprint density at radius 2 is 1.45 bits per heavy atom. The first-order chi connectivity index (χ1) is 13.4. The van der Waals surface area contributed by atoms with Crippen LogP contribution >= 0.6 is 25.3 Å². The zero-order valence-corrected chi connectivity index (χ0v) is 18.0. The maximum absolute atomic E-state index is 12.7. The van der Waals surface area contributed by atoms with E-state index in [2.05, 4.69) is 41.2 Å². The van der Waals surface area contributed by atoms with Crippen LogP contribution in [0.15, 0.2) is 0 Å². The Labute approximate surface area is 179 Å². The molecule has 13 heteroatoms. The SMILES string of the molecule is CC(C)C(NC(=O)C(CCC(N)=O)NC(=O)C(N)CS)C(=O)NC(CS)C(=O)O. The molecular formula is C16H29N5O6S2. The number of nitrogens with one attached hydrogen (secondary N) is 3. The molecule has 0 spiro atoms. The minimum absolute atomic E-state index is 0.0350. The van der Waals surface area contributed by atoms with Gasteiger partial charge in [-0.15, -0.1) is 0 Å². The molecule has 0 aliphatic heterocycles. The van der Waals surface area contributed by atoms with Gasteiger partial charge in [0.2, 0.25) is 23.6 Å². The molecule has 0 aliphatic rings. The third kappa shape index (κ3) is 9.85. The van der Waals surface area contributed by atoms with Gasteiger partial charge < -0.3 is 32.5 Å². The molecule has 0 rings (SSSR count). The summed E-state index contributed by atoms with van der Waals surface area (Å²) in [6, 6.07) is -4.47. The lowest BCUT2D eigenvalue weighted by Crippen LogP contribution is -2.58. The summed E-state index contributed by atoms with van der Waals surface area (Å²) in [7, 11) is 0. The minimum Gasteiger partial charge on any atom is -0.480 e. The molecule has 11 nitrogen and oxygen atoms in total. The summed E-state index contributed by atoms with van der Waals surface area (Å²) in [6.45, 7) is 3.30. The molecule has 0 saturated carbocycles. The average molecular weight is 452 g/mol. The van der Waals surface area contributed by atoms with Crippen molar-refractivity contribution in [1.82, 2.24) is 16.0 Å². The van der Waals surface area contributed by atoms with Crippen molar-refractivity contribution in [2.24, 2.45) is 17.4 Å². The van der Waals surface area contributed by atoms with Crippen LogP contribution in [0.25, 0.3) is 0 Å². The number of rotatable bonds is 13. The van der Waals surface area contributed by atoms with Crippen molar-refractivity contribution >= 4 is 54.9 Å². The van der Waals surface area contributed by atoms with E-state index in [1.165, 1.54) is 0 Å². The Bertz CT molecular complexity index is 619. The molecule has 0 aliphatic carbocycles. The first-order valence-corrected chi connectivity index (χ1v) is 10.1. The van der Waals surface area contributed by atoms with Gasteiger partial charge in [-0.1, -0.05) is 13.8 Å². The summed E-state index contributed by atoms with van der Waals surface area (Å²) in [5, 5.41) is 16.2. The van der Waals surface area contributed by atoms with Gasteiger partial charge in [0.1, 0.15) is 18.1 Å². The second-order valence-electron chi connectivity index (χ2n) is 6.67. The highest BCUT2D eigenvalue weighted by atomic mass is 32.1. The number of carbonyl (C=O) groups is 5. The molecule has 8 N–H and O–H groups in total. The van der Waals surface area contributed by atoms with Crippen molar-refractivity contribution in [1.29, 1.82) is 0 Å². The second kappa shape index (κ2) is 13.3. The van der Waals surface area contributed by atoms with E-state index < -0.39 is 59.7 Å². The van der Waals surface area contributed by atoms with E-state index in [9.17, 15) is 24.0 Å². The number of aliphatic carboxylic acids is 1. The Morgan fingerprint density at radius 1 is 0.897 bits per heavy atom. The van der Waals surface area contributed by atoms with Crippen molar-refractivity contribution in [3.8, 4) is 0 Å². The van der Waals surface area contributed by atoms with Gasteiger partial charge in [-0.3, -0.25) is 19.2 Å². The summed E-state index contributed by atoms with van der Waals surface area (Å²) in [6.07, 6.45) is -0.291. The van der Waals surface area contributed by atoms with Crippen LogP contribution in [0, 0.1) is 5.92 Å². The predicted octanol–water partition coefficient (Wildman–Crippen LogP) is -2.37. The van der Waals surface area contributed by atoms with Crippen LogP contribution in [-0.2, 0) is 24.0 Å². The van der Waals surface area contributed by atoms with Crippen LogP contribution in [0.3, 0.4) is 0 Å². The first kappa shape index (κ1) is 27.0. The van der Waals surface area contributed by atoms with E-state index in [0.29, 0.717) is 0 Å². The highest BCUT2D eigenvalue weighted by Gasteiger charge is 2.31. The van der Waals surface area contributed by atoms with Gasteiger partial charge >= 0.3 is 5.97 Å². The number of hydrogen-bond acceptors (Lipinski definition) is 8. The monoisotopic (exact) mass is 451 g/mol. The summed E-state index contributed by atoms with van der Waals surface area (Å²) in [4.78, 5) is 59.3. The maximum Gasteiger partial charge on any atom is 0.327 e. The normalized spacial score (nSPS) is 15.0. The fourth-order valence-corrected chi connectivity index (χ4v) is 2.57. The third-order valence-corrected chi connectivity index (χ3v) is 4.65. The molecule has 4 atom stereocenters. The van der Waals surface area contributed by atoms with Gasteiger partial charge in [-0.25, -0.2) is 4.79 Å². The molecule has 0 saturated heterocycles. The molecular weight excluding hydrogens is 422 g/mol. The number of carbonyl (C=O) groups excluding carboxylic acids is 4. The number of amides is 4. The quantitative estimate of drug-likeness (QED) is 0.143. The predicted molar refractivity (Wildman–Crippen MR) is 112 cm³/mol. The smallest absolute Gasteiger partial charge is 0.327 e. The molecule has 0 aromatic rings. The van der Waals surface area contributed by atoms with Crippen molar-refractivity contribution in [2.75, 3.05) is 11.5 Å². The molecule has 0 bridgehead atoms. The van der Waals surface area contributed by atoms with Gasteiger partial charge in [0.05, 0.1) is 6.04 Å². The van der Waals surface area contributed by atoms with Crippen molar-refractivity contribution < 1.29 is 29.1 Å². The lowest BCUT2D eigenvalue weighted by atomic mass is 10.0. The van der Waals surface area contributed by atoms with Crippen LogP contribution in [0.1, 0.15) is 26.7 Å². The average Bonchev–Trinajstić information content (AvgIpc) is 2.65. The van der Waals surface area contributed by atoms with E-state index >= 15 is 0 Å². The highest BCUT2D eigenvalue weighted by Crippen LogP contribution is 2.06. The van der Waals surface area contributed by atoms with Crippen molar-refractivity contribution in [2.45, 2.75) is 50.9 Å². The van der Waals surface area contributed by atoms with Gasteiger partial charge in [0.15, 0.2) is 0 Å². The van der Waals surface area contributed by atoms with Gasteiger partial charge in [-0.2, -0.15) is 25.3 Å². The molecule has 166 valence electrons. The topological polar surface area (TPSA) is 194 Å². The molecule has 0 heterocycles. The number of primary amides is 1. The van der Waals surface area contributed by atoms with E-state index in [1.807, 2.05) is 0 Å². The largest absolute Gasteiger partial charge is 0.480 e. The Kier molecular flexibility index (Phi) is 12.4. The van der Waals surface area contributed by atoms with E-state index in [1.54, 1.807) is 13.8 Å². The summed E-state index contributed by atoms with van der Waals surface area (Å²) >= 11 is 7.79. The molecule has 0 fully saturated rings. The molecule has 0 radical (unpaired) electrons. The Balaban J connectivity index is 5.34. The summed E-state index contributed by atoms with van der Waals surface area (Å²) in [5.41, 5.74) is 10.7. The number of hydrogen-bond donors (Lipinski definition) is 8. The van der Waals surface area contributed by atoms with Crippen molar-refractivity contribution in [3.05, 3.63) is 0 Å². The number of nitrogens with two attached hydrogens (primary N) is 2. The van der Waals surface area contributed by atoms with E-state index in [4.69, 9.17) is 16.6 Å².